The quantitative estimate of drug-likeness (QED) is 0.500. The highest BCUT2D eigenvalue weighted by Crippen LogP contribution is 2.26. The van der Waals surface area contributed by atoms with Crippen LogP contribution in [0.2, 0.25) is 0 Å². The fourth-order valence-electron chi connectivity index (χ4n) is 1.77. The number of anilines is 1. The first-order valence-electron chi connectivity index (χ1n) is 5.18. The number of phenols is 1. The summed E-state index contributed by atoms with van der Waals surface area (Å²) >= 11 is 0. The van der Waals surface area contributed by atoms with Crippen molar-refractivity contribution in [2.24, 2.45) is 0 Å². The van der Waals surface area contributed by atoms with E-state index in [9.17, 15) is 18.6 Å². The molecule has 1 aliphatic heterocycles. The molecular formula is C10H14N2O4S. The van der Waals surface area contributed by atoms with E-state index >= 15 is 0 Å². The highest BCUT2D eigenvalue weighted by molar-refractivity contribution is 7.89. The average molecular weight is 258 g/mol. The molecule has 1 aromatic carbocycles. The van der Waals surface area contributed by atoms with Crippen LogP contribution in [-0.4, -0.2) is 42.1 Å². The van der Waals surface area contributed by atoms with Crippen molar-refractivity contribution in [1.82, 2.24) is 4.31 Å². The molecular weight excluding hydrogens is 244 g/mol. The second kappa shape index (κ2) is 4.17. The Labute approximate surface area is 99.3 Å². The van der Waals surface area contributed by atoms with E-state index in [4.69, 9.17) is 5.73 Å². The topological polar surface area (TPSA) is 104 Å². The Morgan fingerprint density at radius 3 is 2.65 bits per heavy atom. The van der Waals surface area contributed by atoms with E-state index in [-0.39, 0.29) is 22.9 Å². The Morgan fingerprint density at radius 2 is 2.12 bits per heavy atom. The second-order valence-corrected chi connectivity index (χ2v) is 5.96. The standard InChI is InChI=1S/C10H14N2O4S/c11-9-5-8(1-2-10(9)14)17(15,16)12-4-3-7(13)6-12/h1-2,5,7,13-14H,3-4,6,11H2. The molecule has 0 radical (unpaired) electrons. The monoisotopic (exact) mass is 258 g/mol. The third-order valence-electron chi connectivity index (χ3n) is 2.76. The summed E-state index contributed by atoms with van der Waals surface area (Å²) in [6.07, 6.45) is -0.175. The Kier molecular flexibility index (Phi) is 2.98. The molecule has 1 atom stereocenters. The third-order valence-corrected chi connectivity index (χ3v) is 4.62. The number of rotatable bonds is 2. The minimum absolute atomic E-state index is 0.0193. The van der Waals surface area contributed by atoms with Gasteiger partial charge in [0.25, 0.3) is 0 Å². The molecule has 0 spiro atoms. The molecule has 6 nitrogen and oxygen atoms in total. The molecule has 7 heteroatoms. The summed E-state index contributed by atoms with van der Waals surface area (Å²) in [6.45, 7) is 0.396. The second-order valence-electron chi connectivity index (χ2n) is 4.03. The number of β-amino-alcohol motifs (C(OH)–C–C–N with tert-alkyl or cyclic N) is 1. The van der Waals surface area contributed by atoms with Crippen molar-refractivity contribution in [2.75, 3.05) is 18.8 Å². The minimum Gasteiger partial charge on any atom is -0.506 e. The first-order chi connectivity index (χ1) is 7.91. The smallest absolute Gasteiger partial charge is 0.243 e. The summed E-state index contributed by atoms with van der Waals surface area (Å²) in [5, 5.41) is 18.6. The molecule has 1 heterocycles. The van der Waals surface area contributed by atoms with Crippen LogP contribution in [0, 0.1) is 0 Å². The van der Waals surface area contributed by atoms with Crippen LogP contribution in [0.1, 0.15) is 6.42 Å². The largest absolute Gasteiger partial charge is 0.506 e. The van der Waals surface area contributed by atoms with Gasteiger partial charge in [0.1, 0.15) is 5.75 Å². The molecule has 1 fully saturated rings. The van der Waals surface area contributed by atoms with Crippen molar-refractivity contribution in [1.29, 1.82) is 0 Å². The van der Waals surface area contributed by atoms with Crippen molar-refractivity contribution in [2.45, 2.75) is 17.4 Å². The molecule has 4 N–H and O–H groups in total. The molecule has 0 aromatic heterocycles. The zero-order chi connectivity index (χ0) is 12.6. The highest BCUT2D eigenvalue weighted by Gasteiger charge is 2.31. The summed E-state index contributed by atoms with van der Waals surface area (Å²) in [5.41, 5.74) is 5.48. The van der Waals surface area contributed by atoms with Gasteiger partial charge in [0.15, 0.2) is 0 Å². The van der Waals surface area contributed by atoms with Crippen molar-refractivity contribution in [3.63, 3.8) is 0 Å². The number of hydrogen-bond acceptors (Lipinski definition) is 5. The van der Waals surface area contributed by atoms with Crippen LogP contribution < -0.4 is 5.73 Å². The summed E-state index contributed by atoms with van der Waals surface area (Å²) in [5.74, 6) is -0.148. The molecule has 1 aromatic rings. The van der Waals surface area contributed by atoms with Gasteiger partial charge in [-0.15, -0.1) is 0 Å². The predicted molar refractivity (Wildman–Crippen MR) is 61.9 cm³/mol. The normalized spacial score (nSPS) is 21.8. The van der Waals surface area contributed by atoms with Gasteiger partial charge in [0, 0.05) is 13.1 Å². The number of nitrogen functional groups attached to an aromatic ring is 1. The number of nitrogens with two attached hydrogens (primary N) is 1. The van der Waals surface area contributed by atoms with E-state index in [0.717, 1.165) is 0 Å². The summed E-state index contributed by atoms with van der Waals surface area (Å²) in [6, 6.07) is 3.76. The highest BCUT2D eigenvalue weighted by atomic mass is 32.2. The molecule has 1 saturated heterocycles. The zero-order valence-corrected chi connectivity index (χ0v) is 9.89. The van der Waals surface area contributed by atoms with E-state index in [2.05, 4.69) is 0 Å². The number of aliphatic hydroxyl groups is 1. The summed E-state index contributed by atoms with van der Waals surface area (Å²) in [4.78, 5) is 0.0295. The van der Waals surface area contributed by atoms with Gasteiger partial charge in [-0.1, -0.05) is 0 Å². The zero-order valence-electron chi connectivity index (χ0n) is 9.07. The number of aliphatic hydroxyl groups excluding tert-OH is 1. The van der Waals surface area contributed by atoms with Gasteiger partial charge >= 0.3 is 0 Å². The van der Waals surface area contributed by atoms with E-state index in [1.165, 1.54) is 22.5 Å². The molecule has 94 valence electrons. The number of phenolic OH excluding ortho intramolecular Hbond substituents is 1. The van der Waals surface area contributed by atoms with Gasteiger partial charge in [-0.3, -0.25) is 0 Å². The lowest BCUT2D eigenvalue weighted by atomic mass is 10.3. The van der Waals surface area contributed by atoms with Crippen LogP contribution in [0.3, 0.4) is 0 Å². The Morgan fingerprint density at radius 1 is 1.41 bits per heavy atom. The first kappa shape index (κ1) is 12.2. The molecule has 0 aliphatic carbocycles. The number of benzene rings is 1. The molecule has 1 unspecified atom stereocenters. The molecule has 0 amide bonds. The third kappa shape index (κ3) is 2.21. The fraction of sp³-hybridized carbons (Fsp3) is 0.400. The summed E-state index contributed by atoms with van der Waals surface area (Å²) in [7, 11) is -3.63. The maximum atomic E-state index is 12.1. The Hall–Kier alpha value is -1.31. The SMILES string of the molecule is Nc1cc(S(=O)(=O)N2CCC(O)C2)ccc1O. The van der Waals surface area contributed by atoms with Crippen molar-refractivity contribution >= 4 is 15.7 Å². The lowest BCUT2D eigenvalue weighted by Gasteiger charge is -2.16. The van der Waals surface area contributed by atoms with Crippen molar-refractivity contribution in [3.8, 4) is 5.75 Å². The Balaban J connectivity index is 2.35. The van der Waals surface area contributed by atoms with Crippen molar-refractivity contribution in [3.05, 3.63) is 18.2 Å². The van der Waals surface area contributed by atoms with Gasteiger partial charge in [-0.25, -0.2) is 8.42 Å². The van der Waals surface area contributed by atoms with Gasteiger partial charge in [-0.2, -0.15) is 4.31 Å². The number of hydrogen-bond donors (Lipinski definition) is 3. The van der Waals surface area contributed by atoms with Crippen LogP contribution in [0.15, 0.2) is 23.1 Å². The lowest BCUT2D eigenvalue weighted by Crippen LogP contribution is -2.29. The summed E-state index contributed by atoms with van der Waals surface area (Å²) < 4.78 is 25.5. The van der Waals surface area contributed by atoms with E-state index in [0.29, 0.717) is 13.0 Å². The van der Waals surface area contributed by atoms with Gasteiger partial charge in [0.2, 0.25) is 10.0 Å². The fourth-order valence-corrected chi connectivity index (χ4v) is 3.30. The maximum absolute atomic E-state index is 12.1. The van der Waals surface area contributed by atoms with E-state index in [1.54, 1.807) is 0 Å². The van der Waals surface area contributed by atoms with Crippen LogP contribution in [0.5, 0.6) is 5.75 Å². The molecule has 0 saturated carbocycles. The van der Waals surface area contributed by atoms with E-state index in [1.807, 2.05) is 0 Å². The predicted octanol–water partition coefficient (Wildman–Crippen LogP) is -0.270. The van der Waals surface area contributed by atoms with Gasteiger partial charge in [0.05, 0.1) is 16.7 Å². The maximum Gasteiger partial charge on any atom is 0.243 e. The van der Waals surface area contributed by atoms with Crippen LogP contribution in [-0.2, 0) is 10.0 Å². The first-order valence-corrected chi connectivity index (χ1v) is 6.62. The number of nitrogens with zero attached hydrogens (tertiary/aromatic N) is 1. The minimum atomic E-state index is -3.63. The number of sulfonamides is 1. The van der Waals surface area contributed by atoms with Gasteiger partial charge < -0.3 is 15.9 Å². The molecule has 0 bridgehead atoms. The van der Waals surface area contributed by atoms with Gasteiger partial charge in [-0.05, 0) is 24.6 Å². The number of aromatic hydroxyl groups is 1. The van der Waals surface area contributed by atoms with Crippen LogP contribution in [0.25, 0.3) is 0 Å². The molecule has 2 rings (SSSR count). The Bertz CT molecular complexity index is 529. The van der Waals surface area contributed by atoms with Crippen LogP contribution >= 0.6 is 0 Å². The average Bonchev–Trinajstić information content (AvgIpc) is 2.69. The molecule has 17 heavy (non-hydrogen) atoms. The van der Waals surface area contributed by atoms with E-state index < -0.39 is 16.1 Å². The van der Waals surface area contributed by atoms with Crippen LogP contribution in [0.4, 0.5) is 5.69 Å². The molecule has 1 aliphatic rings. The lowest BCUT2D eigenvalue weighted by molar-refractivity contribution is 0.189. The van der Waals surface area contributed by atoms with Crippen molar-refractivity contribution < 1.29 is 18.6 Å².